The minimum absolute atomic E-state index is 0.0951. The van der Waals surface area contributed by atoms with Crippen molar-refractivity contribution in [2.45, 2.75) is 13.5 Å². The van der Waals surface area contributed by atoms with Gasteiger partial charge in [0.05, 0.1) is 29.1 Å². The lowest BCUT2D eigenvalue weighted by molar-refractivity contribution is 0.0955. The molecular formula is C15H14ClN3O3. The Bertz CT molecular complexity index is 732. The molecule has 1 amide bonds. The zero-order valence-corrected chi connectivity index (χ0v) is 12.5. The average Bonchev–Trinajstić information content (AvgIpc) is 2.52. The molecule has 1 heterocycles. The summed E-state index contributed by atoms with van der Waals surface area (Å²) in [5, 5.41) is 23.3. The van der Waals surface area contributed by atoms with Crippen LogP contribution in [-0.2, 0) is 6.61 Å². The molecule has 1 aromatic heterocycles. The van der Waals surface area contributed by atoms with Crippen LogP contribution in [0.1, 0.15) is 27.2 Å². The van der Waals surface area contributed by atoms with Gasteiger partial charge in [-0.2, -0.15) is 5.10 Å². The summed E-state index contributed by atoms with van der Waals surface area (Å²) < 4.78 is 0. The van der Waals surface area contributed by atoms with E-state index >= 15 is 0 Å². The molecule has 0 radical (unpaired) electrons. The number of aromatic hydroxyl groups is 1. The largest absolute Gasteiger partial charge is 0.505 e. The number of amides is 1. The first-order chi connectivity index (χ1) is 10.5. The first kappa shape index (κ1) is 15.9. The van der Waals surface area contributed by atoms with Crippen LogP contribution >= 0.6 is 11.6 Å². The van der Waals surface area contributed by atoms with Crippen molar-refractivity contribution in [3.8, 4) is 5.75 Å². The highest BCUT2D eigenvalue weighted by Gasteiger charge is 2.11. The van der Waals surface area contributed by atoms with Gasteiger partial charge in [0, 0.05) is 17.3 Å². The molecule has 2 aromatic rings. The molecule has 0 atom stereocenters. The molecule has 7 heteroatoms. The number of hydrogen-bond donors (Lipinski definition) is 3. The van der Waals surface area contributed by atoms with Crippen LogP contribution in [0.3, 0.4) is 0 Å². The maximum absolute atomic E-state index is 11.9. The minimum Gasteiger partial charge on any atom is -0.505 e. The molecule has 0 saturated heterocycles. The van der Waals surface area contributed by atoms with E-state index in [1.807, 2.05) is 0 Å². The van der Waals surface area contributed by atoms with Crippen molar-refractivity contribution in [1.82, 2.24) is 10.4 Å². The molecule has 2 rings (SSSR count). The second-order valence-electron chi connectivity index (χ2n) is 4.47. The van der Waals surface area contributed by atoms with Gasteiger partial charge in [0.15, 0.2) is 0 Å². The molecular weight excluding hydrogens is 306 g/mol. The molecule has 0 aliphatic heterocycles. The SMILES string of the molecule is Cc1ncc(CO)c(C=NNC(=O)c2ccccc2Cl)c1O. The Balaban J connectivity index is 2.19. The minimum atomic E-state index is -0.474. The van der Waals surface area contributed by atoms with Crippen molar-refractivity contribution in [2.24, 2.45) is 5.10 Å². The molecule has 0 saturated carbocycles. The summed E-state index contributed by atoms with van der Waals surface area (Å²) in [6.45, 7) is 1.32. The van der Waals surface area contributed by atoms with E-state index in [4.69, 9.17) is 11.6 Å². The van der Waals surface area contributed by atoms with Gasteiger partial charge in [-0.25, -0.2) is 5.43 Å². The number of aryl methyl sites for hydroxylation is 1. The summed E-state index contributed by atoms with van der Waals surface area (Å²) in [6.07, 6.45) is 2.69. The number of aliphatic hydroxyl groups excluding tert-OH is 1. The number of halogens is 1. The number of pyridine rings is 1. The maximum atomic E-state index is 11.9. The highest BCUT2D eigenvalue weighted by atomic mass is 35.5. The Morgan fingerprint density at radius 3 is 2.86 bits per heavy atom. The van der Waals surface area contributed by atoms with Gasteiger partial charge in [-0.15, -0.1) is 0 Å². The second kappa shape index (κ2) is 7.02. The number of nitrogens with one attached hydrogen (secondary N) is 1. The number of carbonyl (C=O) groups excluding carboxylic acids is 1. The molecule has 0 bridgehead atoms. The van der Waals surface area contributed by atoms with E-state index in [0.717, 1.165) is 0 Å². The number of carbonyl (C=O) groups is 1. The standard InChI is InChI=1S/C15H14ClN3O3/c1-9-14(21)12(10(8-20)6-17-9)7-18-19-15(22)11-4-2-3-5-13(11)16/h2-7,20-21H,8H2,1H3,(H,19,22). The Morgan fingerprint density at radius 2 is 2.18 bits per heavy atom. The van der Waals surface area contributed by atoms with Crippen LogP contribution in [0.4, 0.5) is 0 Å². The number of benzene rings is 1. The van der Waals surface area contributed by atoms with Gasteiger partial charge in [0.25, 0.3) is 5.91 Å². The van der Waals surface area contributed by atoms with Crippen molar-refractivity contribution in [3.63, 3.8) is 0 Å². The number of nitrogens with zero attached hydrogens (tertiary/aromatic N) is 2. The van der Waals surface area contributed by atoms with E-state index in [1.165, 1.54) is 12.4 Å². The lowest BCUT2D eigenvalue weighted by atomic mass is 10.1. The number of aromatic nitrogens is 1. The molecule has 6 nitrogen and oxygen atoms in total. The van der Waals surface area contributed by atoms with Crippen molar-refractivity contribution >= 4 is 23.7 Å². The predicted molar refractivity (Wildman–Crippen MR) is 83.1 cm³/mol. The van der Waals surface area contributed by atoms with Crippen LogP contribution in [0, 0.1) is 6.92 Å². The van der Waals surface area contributed by atoms with E-state index in [0.29, 0.717) is 27.4 Å². The van der Waals surface area contributed by atoms with Gasteiger partial charge in [-0.1, -0.05) is 23.7 Å². The van der Waals surface area contributed by atoms with Gasteiger partial charge in [-0.3, -0.25) is 9.78 Å². The van der Waals surface area contributed by atoms with E-state index in [2.05, 4.69) is 15.5 Å². The monoisotopic (exact) mass is 319 g/mol. The first-order valence-electron chi connectivity index (χ1n) is 6.40. The van der Waals surface area contributed by atoms with Crippen LogP contribution < -0.4 is 5.43 Å². The van der Waals surface area contributed by atoms with Crippen LogP contribution in [0.25, 0.3) is 0 Å². The van der Waals surface area contributed by atoms with Crippen molar-refractivity contribution in [1.29, 1.82) is 0 Å². The third kappa shape index (κ3) is 3.41. The maximum Gasteiger partial charge on any atom is 0.272 e. The van der Waals surface area contributed by atoms with Gasteiger partial charge in [0.2, 0.25) is 0 Å². The Hall–Kier alpha value is -2.44. The van der Waals surface area contributed by atoms with Crippen LogP contribution in [0.2, 0.25) is 5.02 Å². The number of aliphatic hydroxyl groups is 1. The highest BCUT2D eigenvalue weighted by Crippen LogP contribution is 2.21. The third-order valence-corrected chi connectivity index (χ3v) is 3.34. The molecule has 114 valence electrons. The van der Waals surface area contributed by atoms with E-state index in [1.54, 1.807) is 31.2 Å². The fraction of sp³-hybridized carbons (Fsp3) is 0.133. The number of hydrazone groups is 1. The Morgan fingerprint density at radius 1 is 1.45 bits per heavy atom. The summed E-state index contributed by atoms with van der Waals surface area (Å²) in [7, 11) is 0. The predicted octanol–water partition coefficient (Wildman–Crippen LogP) is 2.01. The summed E-state index contributed by atoms with van der Waals surface area (Å²) >= 11 is 5.91. The highest BCUT2D eigenvalue weighted by molar-refractivity contribution is 6.33. The van der Waals surface area contributed by atoms with Crippen LogP contribution in [0.15, 0.2) is 35.6 Å². The molecule has 1 aromatic carbocycles. The number of rotatable bonds is 4. The Labute approximate surface area is 132 Å². The molecule has 0 aliphatic rings. The van der Waals surface area contributed by atoms with Gasteiger partial charge >= 0.3 is 0 Å². The summed E-state index contributed by atoms with van der Waals surface area (Å²) in [5.74, 6) is -0.569. The van der Waals surface area contributed by atoms with Gasteiger partial charge in [-0.05, 0) is 19.1 Å². The lowest BCUT2D eigenvalue weighted by Crippen LogP contribution is -2.18. The summed E-state index contributed by atoms with van der Waals surface area (Å²) in [6, 6.07) is 6.57. The third-order valence-electron chi connectivity index (χ3n) is 3.01. The van der Waals surface area contributed by atoms with Crippen molar-refractivity contribution < 1.29 is 15.0 Å². The van der Waals surface area contributed by atoms with Crippen LogP contribution in [0.5, 0.6) is 5.75 Å². The second-order valence-corrected chi connectivity index (χ2v) is 4.88. The summed E-state index contributed by atoms with van der Waals surface area (Å²) in [5.41, 5.74) is 3.71. The molecule has 0 spiro atoms. The first-order valence-corrected chi connectivity index (χ1v) is 6.78. The van der Waals surface area contributed by atoms with E-state index in [9.17, 15) is 15.0 Å². The average molecular weight is 320 g/mol. The Kier molecular flexibility index (Phi) is 5.08. The van der Waals surface area contributed by atoms with Gasteiger partial charge < -0.3 is 10.2 Å². The molecule has 0 aliphatic carbocycles. The fourth-order valence-electron chi connectivity index (χ4n) is 1.78. The van der Waals surface area contributed by atoms with Crippen molar-refractivity contribution in [2.75, 3.05) is 0 Å². The molecule has 0 fully saturated rings. The zero-order valence-electron chi connectivity index (χ0n) is 11.7. The van der Waals surface area contributed by atoms with Gasteiger partial charge in [0.1, 0.15) is 5.75 Å². The van der Waals surface area contributed by atoms with E-state index in [-0.39, 0.29) is 12.4 Å². The fourth-order valence-corrected chi connectivity index (χ4v) is 2.01. The van der Waals surface area contributed by atoms with E-state index < -0.39 is 5.91 Å². The zero-order chi connectivity index (χ0) is 16.1. The smallest absolute Gasteiger partial charge is 0.272 e. The summed E-state index contributed by atoms with van der Waals surface area (Å²) in [4.78, 5) is 15.9. The number of hydrogen-bond acceptors (Lipinski definition) is 5. The van der Waals surface area contributed by atoms with Crippen molar-refractivity contribution in [3.05, 3.63) is 57.9 Å². The lowest BCUT2D eigenvalue weighted by Gasteiger charge is -2.07. The molecule has 3 N–H and O–H groups in total. The molecule has 0 unspecified atom stereocenters. The quantitative estimate of drug-likeness (QED) is 0.593. The van der Waals surface area contributed by atoms with Crippen LogP contribution in [-0.4, -0.2) is 27.3 Å². The molecule has 22 heavy (non-hydrogen) atoms. The topological polar surface area (TPSA) is 94.8 Å². The normalized spacial score (nSPS) is 10.9.